The van der Waals surface area contributed by atoms with Gasteiger partial charge >= 0.3 is 0 Å². The van der Waals surface area contributed by atoms with Gasteiger partial charge in [-0.1, -0.05) is 67.6 Å². The van der Waals surface area contributed by atoms with Gasteiger partial charge in [-0.2, -0.15) is 0 Å². The Morgan fingerprint density at radius 1 is 1.00 bits per heavy atom. The summed E-state index contributed by atoms with van der Waals surface area (Å²) in [5.74, 6) is -0.103. The quantitative estimate of drug-likeness (QED) is 0.646. The fourth-order valence-corrected chi connectivity index (χ4v) is 3.73. The predicted molar refractivity (Wildman–Crippen MR) is 111 cm³/mol. The first kappa shape index (κ1) is 16.6. The molecular formula is C22H18N2OS. The minimum Gasteiger partial charge on any atom is -0.300 e. The third kappa shape index (κ3) is 3.41. The number of amides is 1. The summed E-state index contributed by atoms with van der Waals surface area (Å²) >= 11 is 1.38. The van der Waals surface area contributed by atoms with Crippen LogP contribution >= 0.6 is 11.8 Å². The van der Waals surface area contributed by atoms with Crippen LogP contribution in [-0.4, -0.2) is 11.1 Å². The van der Waals surface area contributed by atoms with Crippen LogP contribution in [0.3, 0.4) is 0 Å². The molecule has 128 valence electrons. The van der Waals surface area contributed by atoms with E-state index in [2.05, 4.69) is 41.5 Å². The Bertz CT molecular complexity index is 1030. The molecule has 3 aromatic carbocycles. The standard InChI is InChI=1S/C22H18N2OS/c1-2-15-10-12-16(13-11-15)14-20-21(25)24-22(26-20)23-19-9-5-7-17-6-3-4-8-18(17)19/h3-14H,2H2,1H3,(H,23,24,25)/b20-14-. The van der Waals surface area contributed by atoms with Gasteiger partial charge in [-0.15, -0.1) is 0 Å². The molecule has 0 atom stereocenters. The molecule has 0 aromatic heterocycles. The number of hydrogen-bond donors (Lipinski definition) is 1. The molecular weight excluding hydrogens is 340 g/mol. The summed E-state index contributed by atoms with van der Waals surface area (Å²) in [7, 11) is 0. The fourth-order valence-electron chi connectivity index (χ4n) is 2.90. The Balaban J connectivity index is 1.62. The van der Waals surface area contributed by atoms with Crippen molar-refractivity contribution in [2.75, 3.05) is 0 Å². The van der Waals surface area contributed by atoms with Crippen molar-refractivity contribution in [1.29, 1.82) is 0 Å². The van der Waals surface area contributed by atoms with Crippen LogP contribution in [0.1, 0.15) is 18.1 Å². The van der Waals surface area contributed by atoms with Crippen molar-refractivity contribution in [1.82, 2.24) is 5.32 Å². The van der Waals surface area contributed by atoms with Crippen molar-refractivity contribution in [2.45, 2.75) is 13.3 Å². The van der Waals surface area contributed by atoms with Crippen molar-refractivity contribution < 1.29 is 4.79 Å². The van der Waals surface area contributed by atoms with Crippen molar-refractivity contribution in [3.8, 4) is 0 Å². The van der Waals surface area contributed by atoms with Gasteiger partial charge in [-0.25, -0.2) is 4.99 Å². The number of nitrogens with one attached hydrogen (secondary N) is 1. The molecule has 0 spiro atoms. The second-order valence-corrected chi connectivity index (χ2v) is 7.11. The zero-order chi connectivity index (χ0) is 17.9. The zero-order valence-electron chi connectivity index (χ0n) is 14.4. The Hall–Kier alpha value is -2.85. The molecule has 0 saturated carbocycles. The molecule has 1 saturated heterocycles. The number of rotatable bonds is 3. The van der Waals surface area contributed by atoms with E-state index in [0.29, 0.717) is 10.1 Å². The van der Waals surface area contributed by atoms with Crippen LogP contribution in [0.2, 0.25) is 0 Å². The number of aryl methyl sites for hydroxylation is 1. The van der Waals surface area contributed by atoms with Gasteiger partial charge in [-0.3, -0.25) is 4.79 Å². The average molecular weight is 358 g/mol. The lowest BCUT2D eigenvalue weighted by Crippen LogP contribution is -2.19. The SMILES string of the molecule is CCc1ccc(/C=C2\SC(=Nc3cccc4ccccc34)NC2=O)cc1. The number of thioether (sulfide) groups is 1. The Kier molecular flexibility index (Phi) is 4.59. The molecule has 1 aliphatic heterocycles. The van der Waals surface area contributed by atoms with E-state index in [1.807, 2.05) is 48.5 Å². The number of benzene rings is 3. The van der Waals surface area contributed by atoms with Crippen LogP contribution < -0.4 is 5.32 Å². The summed E-state index contributed by atoms with van der Waals surface area (Å²) in [6.07, 6.45) is 2.92. The molecule has 1 N–H and O–H groups in total. The highest BCUT2D eigenvalue weighted by Gasteiger charge is 2.23. The third-order valence-electron chi connectivity index (χ3n) is 4.33. The number of fused-ring (bicyclic) bond motifs is 1. The smallest absolute Gasteiger partial charge is 0.264 e. The summed E-state index contributed by atoms with van der Waals surface area (Å²) in [6, 6.07) is 22.4. The lowest BCUT2D eigenvalue weighted by atomic mass is 10.1. The largest absolute Gasteiger partial charge is 0.300 e. The highest BCUT2D eigenvalue weighted by Crippen LogP contribution is 2.31. The summed E-state index contributed by atoms with van der Waals surface area (Å²) in [6.45, 7) is 2.13. The van der Waals surface area contributed by atoms with Crippen molar-refractivity contribution in [3.05, 3.63) is 82.8 Å². The molecule has 0 aliphatic carbocycles. The van der Waals surface area contributed by atoms with Gasteiger partial charge in [0.15, 0.2) is 5.17 Å². The molecule has 26 heavy (non-hydrogen) atoms. The highest BCUT2D eigenvalue weighted by atomic mass is 32.2. The van der Waals surface area contributed by atoms with E-state index in [9.17, 15) is 4.79 Å². The van der Waals surface area contributed by atoms with Crippen LogP contribution in [0.4, 0.5) is 5.69 Å². The predicted octanol–water partition coefficient (Wildman–Crippen LogP) is 5.29. The summed E-state index contributed by atoms with van der Waals surface area (Å²) < 4.78 is 0. The van der Waals surface area contributed by atoms with E-state index in [-0.39, 0.29) is 5.91 Å². The lowest BCUT2D eigenvalue weighted by molar-refractivity contribution is -0.115. The molecule has 4 heteroatoms. The monoisotopic (exact) mass is 358 g/mol. The molecule has 0 bridgehead atoms. The van der Waals surface area contributed by atoms with Crippen molar-refractivity contribution in [2.24, 2.45) is 4.99 Å². The first-order chi connectivity index (χ1) is 12.7. The minimum atomic E-state index is -0.103. The van der Waals surface area contributed by atoms with Crippen molar-refractivity contribution in [3.63, 3.8) is 0 Å². The number of carbonyl (C=O) groups is 1. The topological polar surface area (TPSA) is 41.5 Å². The van der Waals surface area contributed by atoms with Crippen LogP contribution in [0.5, 0.6) is 0 Å². The fraction of sp³-hybridized carbons (Fsp3) is 0.0909. The van der Waals surface area contributed by atoms with Crippen LogP contribution in [0, 0.1) is 0 Å². The maximum absolute atomic E-state index is 12.3. The van der Waals surface area contributed by atoms with Crippen molar-refractivity contribution >= 4 is 45.4 Å². The molecule has 0 radical (unpaired) electrons. The van der Waals surface area contributed by atoms with Gasteiger partial charge in [0.2, 0.25) is 0 Å². The third-order valence-corrected chi connectivity index (χ3v) is 5.24. The number of nitrogens with zero attached hydrogens (tertiary/aromatic N) is 1. The molecule has 1 aliphatic rings. The van der Waals surface area contributed by atoms with Gasteiger partial charge in [-0.05, 0) is 46.8 Å². The van der Waals surface area contributed by atoms with Crippen LogP contribution in [-0.2, 0) is 11.2 Å². The number of carbonyl (C=O) groups excluding carboxylic acids is 1. The first-order valence-electron chi connectivity index (χ1n) is 8.59. The minimum absolute atomic E-state index is 0.103. The van der Waals surface area contributed by atoms with E-state index in [1.165, 1.54) is 17.3 Å². The normalized spacial score (nSPS) is 17.2. The Morgan fingerprint density at radius 3 is 2.58 bits per heavy atom. The van der Waals surface area contributed by atoms with Crippen LogP contribution in [0.25, 0.3) is 16.8 Å². The second-order valence-electron chi connectivity index (χ2n) is 6.08. The highest BCUT2D eigenvalue weighted by molar-refractivity contribution is 8.18. The van der Waals surface area contributed by atoms with E-state index < -0.39 is 0 Å². The maximum Gasteiger partial charge on any atom is 0.264 e. The molecule has 3 nitrogen and oxygen atoms in total. The molecule has 0 unspecified atom stereocenters. The average Bonchev–Trinajstić information content (AvgIpc) is 3.01. The van der Waals surface area contributed by atoms with Gasteiger partial charge in [0.05, 0.1) is 10.6 Å². The zero-order valence-corrected chi connectivity index (χ0v) is 15.2. The molecule has 1 fully saturated rings. The summed E-state index contributed by atoms with van der Waals surface area (Å²) in [5, 5.41) is 5.69. The summed E-state index contributed by atoms with van der Waals surface area (Å²) in [4.78, 5) is 17.6. The van der Waals surface area contributed by atoms with E-state index >= 15 is 0 Å². The molecule has 4 rings (SSSR count). The summed E-state index contributed by atoms with van der Waals surface area (Å²) in [5.41, 5.74) is 3.17. The second kappa shape index (κ2) is 7.18. The number of aliphatic imine (C=N–C) groups is 1. The van der Waals surface area contributed by atoms with Gasteiger partial charge in [0.1, 0.15) is 0 Å². The molecule has 3 aromatic rings. The number of hydrogen-bond acceptors (Lipinski definition) is 3. The van der Waals surface area contributed by atoms with Gasteiger partial charge in [0, 0.05) is 5.39 Å². The van der Waals surface area contributed by atoms with E-state index in [4.69, 9.17) is 0 Å². The Labute approximate surface area is 156 Å². The number of amidine groups is 1. The lowest BCUT2D eigenvalue weighted by Gasteiger charge is -2.02. The van der Waals surface area contributed by atoms with E-state index in [1.54, 1.807) is 0 Å². The molecule has 1 heterocycles. The first-order valence-corrected chi connectivity index (χ1v) is 9.41. The van der Waals surface area contributed by atoms with Gasteiger partial charge in [0.25, 0.3) is 5.91 Å². The maximum atomic E-state index is 12.3. The van der Waals surface area contributed by atoms with E-state index in [0.717, 1.165) is 28.4 Å². The van der Waals surface area contributed by atoms with Crippen LogP contribution in [0.15, 0.2) is 76.6 Å². The molecule has 1 amide bonds. The van der Waals surface area contributed by atoms with Gasteiger partial charge < -0.3 is 5.32 Å². The Morgan fingerprint density at radius 2 is 1.77 bits per heavy atom.